The van der Waals surface area contributed by atoms with Crippen LogP contribution in [0.5, 0.6) is 11.5 Å². The number of benzene rings is 2. The van der Waals surface area contributed by atoms with Gasteiger partial charge in [0.15, 0.2) is 16.9 Å². The number of hydrogen-bond donors (Lipinski definition) is 1. The Kier molecular flexibility index (Phi) is 5.42. The minimum Gasteiger partial charge on any atom is -0.493 e. The van der Waals surface area contributed by atoms with Gasteiger partial charge in [-0.1, -0.05) is 18.2 Å². The number of rotatable bonds is 5. The van der Waals surface area contributed by atoms with E-state index in [0.717, 1.165) is 16.9 Å². The van der Waals surface area contributed by atoms with Crippen molar-refractivity contribution >= 4 is 23.5 Å². The predicted molar refractivity (Wildman–Crippen MR) is 121 cm³/mol. The molecule has 2 atom stereocenters. The van der Waals surface area contributed by atoms with Crippen LogP contribution in [0.4, 0.5) is 14.9 Å². The molecule has 0 aromatic heterocycles. The molecule has 3 heterocycles. The van der Waals surface area contributed by atoms with E-state index < -0.39 is 29.3 Å². The van der Waals surface area contributed by atoms with Gasteiger partial charge in [0.05, 0.1) is 25.9 Å². The van der Waals surface area contributed by atoms with Crippen molar-refractivity contribution in [2.24, 2.45) is 5.41 Å². The lowest BCUT2D eigenvalue weighted by atomic mass is 9.68. The number of halogens is 1. The Morgan fingerprint density at radius 3 is 2.68 bits per heavy atom. The van der Waals surface area contributed by atoms with Crippen LogP contribution in [-0.2, 0) is 22.4 Å². The average molecular weight is 467 g/mol. The van der Waals surface area contributed by atoms with Crippen LogP contribution >= 0.6 is 0 Å². The van der Waals surface area contributed by atoms with Crippen LogP contribution in [0.2, 0.25) is 0 Å². The van der Waals surface area contributed by atoms with Crippen LogP contribution in [-0.4, -0.2) is 56.1 Å². The third kappa shape index (κ3) is 3.21. The van der Waals surface area contributed by atoms with Crippen LogP contribution < -0.4 is 19.7 Å². The van der Waals surface area contributed by atoms with Crippen LogP contribution in [0.15, 0.2) is 36.4 Å². The average Bonchev–Trinajstić information content (AvgIpc) is 3.32. The molecule has 0 radical (unpaired) electrons. The molecule has 0 bridgehead atoms. The predicted octanol–water partition coefficient (Wildman–Crippen LogP) is 2.68. The highest BCUT2D eigenvalue weighted by atomic mass is 19.1. The topological polar surface area (TPSA) is 88.2 Å². The number of anilines is 1. The molecule has 1 N–H and O–H groups in total. The molecule has 34 heavy (non-hydrogen) atoms. The van der Waals surface area contributed by atoms with Gasteiger partial charge in [-0.15, -0.1) is 0 Å². The van der Waals surface area contributed by atoms with Gasteiger partial charge in [0.1, 0.15) is 5.82 Å². The van der Waals surface area contributed by atoms with Gasteiger partial charge < -0.3 is 14.4 Å². The molecule has 2 fully saturated rings. The van der Waals surface area contributed by atoms with Gasteiger partial charge in [-0.05, 0) is 55.0 Å². The van der Waals surface area contributed by atoms with Gasteiger partial charge in [-0.2, -0.15) is 0 Å². The summed E-state index contributed by atoms with van der Waals surface area (Å²) in [5.74, 6) is -0.347. The standard InChI is InChI=1S/C25H26FN3O5/c1-33-18-9-8-15(13-19(18)34-2)10-12-29-23(31)25(22(30)27-24(29)32)14-16-5-3-6-17(26)21(16)28-11-4-7-20(25)28/h3,5-6,8-9,13,20H,4,7,10-12,14H2,1-2H3,(H,27,30,32). The number of carbonyl (C=O) groups excluding carboxylic acids is 3. The molecular weight excluding hydrogens is 441 g/mol. The Labute approximate surface area is 196 Å². The number of urea groups is 1. The first kappa shape index (κ1) is 22.2. The van der Waals surface area contributed by atoms with E-state index in [0.29, 0.717) is 42.1 Å². The smallest absolute Gasteiger partial charge is 0.330 e. The molecule has 2 saturated heterocycles. The van der Waals surface area contributed by atoms with Gasteiger partial charge in [0, 0.05) is 13.1 Å². The van der Waals surface area contributed by atoms with E-state index in [4.69, 9.17) is 9.47 Å². The zero-order valence-electron chi connectivity index (χ0n) is 19.1. The maximum atomic E-state index is 14.7. The molecule has 1 spiro atoms. The Bertz CT molecular complexity index is 1190. The van der Waals surface area contributed by atoms with Gasteiger partial charge in [-0.25, -0.2) is 9.18 Å². The number of fused-ring (bicyclic) bond motifs is 4. The van der Waals surface area contributed by atoms with Crippen molar-refractivity contribution in [3.63, 3.8) is 0 Å². The van der Waals surface area contributed by atoms with Crippen molar-refractivity contribution in [1.29, 1.82) is 0 Å². The zero-order valence-corrected chi connectivity index (χ0v) is 19.1. The maximum Gasteiger partial charge on any atom is 0.330 e. The number of nitrogens with zero attached hydrogens (tertiary/aromatic N) is 2. The number of nitrogens with one attached hydrogen (secondary N) is 1. The molecule has 2 unspecified atom stereocenters. The first-order valence-corrected chi connectivity index (χ1v) is 11.3. The second-order valence-corrected chi connectivity index (χ2v) is 8.90. The molecule has 4 amide bonds. The van der Waals surface area contributed by atoms with Crippen molar-refractivity contribution < 1.29 is 28.2 Å². The SMILES string of the molecule is COc1ccc(CCN2C(=O)NC(=O)C3(Cc4cccc(F)c4N4CCCC43)C2=O)cc1OC. The summed E-state index contributed by atoms with van der Waals surface area (Å²) in [6.07, 6.45) is 1.75. The summed E-state index contributed by atoms with van der Waals surface area (Å²) in [4.78, 5) is 42.9. The Morgan fingerprint density at radius 2 is 1.91 bits per heavy atom. The lowest BCUT2D eigenvalue weighted by molar-refractivity contribution is -0.153. The van der Waals surface area contributed by atoms with Crippen molar-refractivity contribution in [1.82, 2.24) is 10.2 Å². The lowest BCUT2D eigenvalue weighted by Crippen LogP contribution is -2.71. The molecule has 0 aliphatic carbocycles. The number of hydrogen-bond acceptors (Lipinski definition) is 6. The molecule has 3 aliphatic rings. The molecule has 2 aromatic rings. The van der Waals surface area contributed by atoms with Gasteiger partial charge in [0.2, 0.25) is 11.8 Å². The Hall–Kier alpha value is -3.62. The number of methoxy groups -OCH3 is 2. The summed E-state index contributed by atoms with van der Waals surface area (Å²) in [6.45, 7) is 0.651. The monoisotopic (exact) mass is 467 g/mol. The highest BCUT2D eigenvalue weighted by Crippen LogP contribution is 2.49. The van der Waals surface area contributed by atoms with Gasteiger partial charge in [-0.3, -0.25) is 19.8 Å². The highest BCUT2D eigenvalue weighted by molar-refractivity contribution is 6.20. The van der Waals surface area contributed by atoms with Crippen molar-refractivity contribution in [3.8, 4) is 11.5 Å². The fourth-order valence-corrected chi connectivity index (χ4v) is 5.63. The van der Waals surface area contributed by atoms with Gasteiger partial charge in [0.25, 0.3) is 0 Å². The number of imide groups is 2. The van der Waals surface area contributed by atoms with E-state index in [1.807, 2.05) is 11.0 Å². The number of barbiturate groups is 1. The summed E-state index contributed by atoms with van der Waals surface area (Å²) >= 11 is 0. The summed E-state index contributed by atoms with van der Waals surface area (Å²) in [5, 5.41) is 2.42. The van der Waals surface area contributed by atoms with Crippen molar-refractivity contribution in [2.75, 3.05) is 32.2 Å². The van der Waals surface area contributed by atoms with E-state index in [-0.39, 0.29) is 18.8 Å². The molecular formula is C25H26FN3O5. The fourth-order valence-electron chi connectivity index (χ4n) is 5.63. The normalized spacial score (nSPS) is 23.6. The highest BCUT2D eigenvalue weighted by Gasteiger charge is 2.62. The van der Waals surface area contributed by atoms with Crippen LogP contribution in [0, 0.1) is 11.2 Å². The van der Waals surface area contributed by atoms with E-state index >= 15 is 0 Å². The lowest BCUT2D eigenvalue weighted by Gasteiger charge is -2.49. The van der Waals surface area contributed by atoms with E-state index in [2.05, 4.69) is 5.32 Å². The van der Waals surface area contributed by atoms with Gasteiger partial charge >= 0.3 is 6.03 Å². The second kappa shape index (κ2) is 8.30. The number of para-hydroxylation sites is 1. The minimum atomic E-state index is -1.47. The minimum absolute atomic E-state index is 0.0616. The molecule has 2 aromatic carbocycles. The fraction of sp³-hybridized carbons (Fsp3) is 0.400. The van der Waals surface area contributed by atoms with E-state index in [1.54, 1.807) is 31.4 Å². The third-order valence-electron chi connectivity index (χ3n) is 7.22. The quantitative estimate of drug-likeness (QED) is 0.681. The summed E-state index contributed by atoms with van der Waals surface area (Å²) < 4.78 is 25.3. The Morgan fingerprint density at radius 1 is 1.12 bits per heavy atom. The number of ether oxygens (including phenoxy) is 2. The first-order chi connectivity index (χ1) is 16.4. The molecule has 178 valence electrons. The van der Waals surface area contributed by atoms with E-state index in [9.17, 15) is 18.8 Å². The summed E-state index contributed by atoms with van der Waals surface area (Å²) in [5.41, 5.74) is 0.451. The Balaban J connectivity index is 1.46. The maximum absolute atomic E-state index is 14.7. The zero-order chi connectivity index (χ0) is 24.0. The molecule has 0 saturated carbocycles. The molecule has 3 aliphatic heterocycles. The third-order valence-corrected chi connectivity index (χ3v) is 7.22. The largest absolute Gasteiger partial charge is 0.493 e. The molecule has 8 nitrogen and oxygen atoms in total. The van der Waals surface area contributed by atoms with Crippen molar-refractivity contribution in [3.05, 3.63) is 53.3 Å². The number of carbonyl (C=O) groups is 3. The second-order valence-electron chi connectivity index (χ2n) is 8.90. The summed E-state index contributed by atoms with van der Waals surface area (Å²) in [6, 6.07) is 8.91. The first-order valence-electron chi connectivity index (χ1n) is 11.3. The number of amides is 4. The van der Waals surface area contributed by atoms with E-state index in [1.165, 1.54) is 13.2 Å². The van der Waals surface area contributed by atoms with Crippen LogP contribution in [0.1, 0.15) is 24.0 Å². The van der Waals surface area contributed by atoms with Crippen molar-refractivity contribution in [2.45, 2.75) is 31.7 Å². The molecule has 9 heteroatoms. The van der Waals surface area contributed by atoms with Crippen LogP contribution in [0.25, 0.3) is 0 Å². The van der Waals surface area contributed by atoms with Crippen LogP contribution in [0.3, 0.4) is 0 Å². The molecule has 5 rings (SSSR count). The summed E-state index contributed by atoms with van der Waals surface area (Å²) in [7, 11) is 3.08.